The molecule has 7 heterocycles. The Kier molecular flexibility index (Phi) is 4.93. The van der Waals surface area contributed by atoms with E-state index in [1.54, 1.807) is 20.3 Å². The number of nitrogens with zero attached hydrogens (tertiary/aromatic N) is 8. The first-order chi connectivity index (χ1) is 18.8. The minimum atomic E-state index is -4.55. The number of amides is 1. The summed E-state index contributed by atoms with van der Waals surface area (Å²) in [6.45, 7) is 0.323. The highest BCUT2D eigenvalue weighted by Crippen LogP contribution is 2.37. The molecule has 1 aliphatic heterocycles. The Labute approximate surface area is 218 Å². The van der Waals surface area contributed by atoms with Crippen molar-refractivity contribution >= 4 is 16.9 Å². The molecule has 1 N–H and O–H groups in total. The van der Waals surface area contributed by atoms with Crippen molar-refractivity contribution in [1.29, 1.82) is 0 Å². The maximum absolute atomic E-state index is 14.0. The van der Waals surface area contributed by atoms with Gasteiger partial charge in [0.2, 0.25) is 0 Å². The molecule has 0 radical (unpaired) electrons. The van der Waals surface area contributed by atoms with Crippen molar-refractivity contribution in [3.63, 3.8) is 0 Å². The van der Waals surface area contributed by atoms with E-state index in [2.05, 4.69) is 25.3 Å². The van der Waals surface area contributed by atoms with Gasteiger partial charge in [-0.3, -0.25) is 9.48 Å². The van der Waals surface area contributed by atoms with Crippen LogP contribution < -0.4 is 0 Å². The quantitative estimate of drug-likeness (QED) is 0.373. The first kappa shape index (κ1) is 23.2. The molecule has 0 aromatic carbocycles. The Morgan fingerprint density at radius 1 is 1.05 bits per heavy atom. The van der Waals surface area contributed by atoms with E-state index in [1.165, 1.54) is 35.4 Å². The number of aromatic amines is 1. The van der Waals surface area contributed by atoms with Gasteiger partial charge in [-0.05, 0) is 24.3 Å². The molecule has 6 aromatic heterocycles. The smallest absolute Gasteiger partial charge is 0.348 e. The van der Waals surface area contributed by atoms with E-state index in [4.69, 9.17) is 0 Å². The summed E-state index contributed by atoms with van der Waals surface area (Å²) in [6, 6.07) is 6.64. The molecule has 0 fully saturated rings. The standard InChI is InChI=1S/C26H20F3N9O/c1-35-12-16(10-32-35)15-4-5-21-17(11-33-38(21)13-15)25(39)36-8-6-19-23(31-14-30-19)24(36)20-9-22-18(26(27,28)29)3-2-7-37(22)34-20/h2-5,7,9-14,24H,6,8H2,1H3,(H,30,31)/t24-/m1/s1. The van der Waals surface area contributed by atoms with E-state index in [9.17, 15) is 18.0 Å². The van der Waals surface area contributed by atoms with Crippen molar-refractivity contribution in [3.8, 4) is 11.1 Å². The van der Waals surface area contributed by atoms with Gasteiger partial charge in [-0.2, -0.15) is 28.5 Å². The topological polar surface area (TPSA) is 101 Å². The molecule has 0 aliphatic carbocycles. The van der Waals surface area contributed by atoms with Crippen molar-refractivity contribution in [2.24, 2.45) is 7.05 Å². The summed E-state index contributed by atoms with van der Waals surface area (Å²) in [6.07, 6.45) is 5.91. The SMILES string of the molecule is Cn1cc(-c2ccc3c(C(=O)N4CCc5[nH]cnc5[C@H]4c4cc5c(C(F)(F)F)cccn5n4)cnn3c2)cn1. The second-order valence-corrected chi connectivity index (χ2v) is 9.44. The summed E-state index contributed by atoms with van der Waals surface area (Å²) in [4.78, 5) is 23.1. The van der Waals surface area contributed by atoms with Crippen LogP contribution in [-0.2, 0) is 19.6 Å². The molecule has 7 rings (SSSR count). The first-order valence-electron chi connectivity index (χ1n) is 12.1. The number of halogens is 3. The highest BCUT2D eigenvalue weighted by molar-refractivity contribution is 6.01. The van der Waals surface area contributed by atoms with E-state index >= 15 is 0 Å². The highest BCUT2D eigenvalue weighted by Gasteiger charge is 2.39. The van der Waals surface area contributed by atoms with Crippen LogP contribution in [0.2, 0.25) is 0 Å². The van der Waals surface area contributed by atoms with E-state index in [1.807, 2.05) is 31.6 Å². The third-order valence-corrected chi connectivity index (χ3v) is 7.08. The summed E-state index contributed by atoms with van der Waals surface area (Å²) < 4.78 is 45.6. The number of hydrogen-bond donors (Lipinski definition) is 1. The Morgan fingerprint density at radius 2 is 1.92 bits per heavy atom. The molecule has 1 amide bonds. The number of aromatic nitrogens is 8. The molecule has 196 valence electrons. The van der Waals surface area contributed by atoms with E-state index in [0.29, 0.717) is 35.4 Å². The van der Waals surface area contributed by atoms with E-state index in [-0.39, 0.29) is 11.4 Å². The van der Waals surface area contributed by atoms with Crippen molar-refractivity contribution in [3.05, 3.63) is 95.9 Å². The van der Waals surface area contributed by atoms with Crippen molar-refractivity contribution in [1.82, 2.24) is 43.9 Å². The summed E-state index contributed by atoms with van der Waals surface area (Å²) >= 11 is 0. The van der Waals surface area contributed by atoms with Gasteiger partial charge in [0, 0.05) is 55.4 Å². The Morgan fingerprint density at radius 3 is 2.72 bits per heavy atom. The molecule has 0 spiro atoms. The lowest BCUT2D eigenvalue weighted by Gasteiger charge is -2.33. The molecule has 39 heavy (non-hydrogen) atoms. The number of pyridine rings is 2. The van der Waals surface area contributed by atoms with Gasteiger partial charge in [-0.1, -0.05) is 6.07 Å². The zero-order valence-corrected chi connectivity index (χ0v) is 20.5. The third kappa shape index (κ3) is 3.68. The van der Waals surface area contributed by atoms with E-state index in [0.717, 1.165) is 22.9 Å². The van der Waals surface area contributed by atoms with Crippen molar-refractivity contribution in [2.75, 3.05) is 6.54 Å². The number of rotatable bonds is 3. The number of alkyl halides is 3. The van der Waals surface area contributed by atoms with Gasteiger partial charge in [0.05, 0.1) is 52.3 Å². The second-order valence-electron chi connectivity index (χ2n) is 9.44. The fraction of sp³-hybridized carbons (Fsp3) is 0.192. The largest absolute Gasteiger partial charge is 0.418 e. The maximum atomic E-state index is 14.0. The van der Waals surface area contributed by atoms with Crippen LogP contribution in [-0.4, -0.2) is 56.3 Å². The van der Waals surface area contributed by atoms with Crippen LogP contribution in [0.1, 0.15) is 39.0 Å². The summed E-state index contributed by atoms with van der Waals surface area (Å²) in [5, 5.41) is 13.1. The number of nitrogens with one attached hydrogen (secondary N) is 1. The Balaban J connectivity index is 1.31. The number of carbonyl (C=O) groups is 1. The van der Waals surface area contributed by atoms with Gasteiger partial charge in [0.25, 0.3) is 5.91 Å². The highest BCUT2D eigenvalue weighted by atomic mass is 19.4. The Bertz CT molecular complexity index is 1880. The van der Waals surface area contributed by atoms with Crippen molar-refractivity contribution in [2.45, 2.75) is 18.6 Å². The van der Waals surface area contributed by atoms with Crippen LogP contribution in [0.3, 0.4) is 0 Å². The summed E-state index contributed by atoms with van der Waals surface area (Å²) in [7, 11) is 1.83. The van der Waals surface area contributed by atoms with Gasteiger partial charge in [-0.25, -0.2) is 14.0 Å². The fourth-order valence-electron chi connectivity index (χ4n) is 5.25. The lowest BCUT2D eigenvalue weighted by Crippen LogP contribution is -2.41. The van der Waals surface area contributed by atoms with Crippen LogP contribution in [0.4, 0.5) is 13.2 Å². The minimum Gasteiger partial charge on any atom is -0.348 e. The number of imidazole rings is 1. The number of H-pyrrole nitrogens is 1. The zero-order chi connectivity index (χ0) is 26.9. The molecule has 1 aliphatic rings. The van der Waals surface area contributed by atoms with Gasteiger partial charge < -0.3 is 9.88 Å². The maximum Gasteiger partial charge on any atom is 0.418 e. The Hall–Kier alpha value is -4.94. The average molecular weight is 532 g/mol. The van der Waals surface area contributed by atoms with Crippen LogP contribution in [0.5, 0.6) is 0 Å². The normalized spacial score (nSPS) is 15.8. The van der Waals surface area contributed by atoms with Crippen LogP contribution in [0, 0.1) is 0 Å². The lowest BCUT2D eigenvalue weighted by molar-refractivity contribution is -0.136. The summed E-state index contributed by atoms with van der Waals surface area (Å²) in [5.74, 6) is -0.314. The first-order valence-corrected chi connectivity index (χ1v) is 12.1. The molecule has 13 heteroatoms. The third-order valence-electron chi connectivity index (χ3n) is 7.08. The molecule has 0 unspecified atom stereocenters. The molecule has 0 saturated carbocycles. The van der Waals surface area contributed by atoms with Gasteiger partial charge in [0.15, 0.2) is 0 Å². The predicted molar refractivity (Wildman–Crippen MR) is 133 cm³/mol. The van der Waals surface area contributed by atoms with Crippen LogP contribution in [0.25, 0.3) is 22.2 Å². The van der Waals surface area contributed by atoms with Crippen molar-refractivity contribution < 1.29 is 18.0 Å². The van der Waals surface area contributed by atoms with Gasteiger partial charge in [0.1, 0.15) is 6.04 Å². The molecule has 0 saturated heterocycles. The number of carbonyl (C=O) groups excluding carboxylic acids is 1. The predicted octanol–water partition coefficient (Wildman–Crippen LogP) is 3.91. The molecule has 10 nitrogen and oxygen atoms in total. The number of fused-ring (bicyclic) bond motifs is 3. The average Bonchev–Trinajstić information content (AvgIpc) is 3.71. The molecule has 1 atom stereocenters. The second kappa shape index (κ2) is 8.28. The minimum absolute atomic E-state index is 0.0889. The molecular formula is C26H20F3N9O. The van der Waals surface area contributed by atoms with Gasteiger partial charge in [-0.15, -0.1) is 0 Å². The monoisotopic (exact) mass is 531 g/mol. The fourth-order valence-corrected chi connectivity index (χ4v) is 5.25. The number of hydrogen-bond acceptors (Lipinski definition) is 5. The lowest BCUT2D eigenvalue weighted by atomic mass is 9.98. The van der Waals surface area contributed by atoms with Crippen LogP contribution in [0.15, 0.2) is 67.6 Å². The van der Waals surface area contributed by atoms with Gasteiger partial charge >= 0.3 is 6.18 Å². The van der Waals surface area contributed by atoms with E-state index < -0.39 is 17.8 Å². The van der Waals surface area contributed by atoms with Crippen LogP contribution >= 0.6 is 0 Å². The molecular weight excluding hydrogens is 511 g/mol. The zero-order valence-electron chi connectivity index (χ0n) is 20.5. The molecule has 6 aromatic rings. The summed E-state index contributed by atoms with van der Waals surface area (Å²) in [5.41, 5.74) is 3.56. The molecule has 0 bridgehead atoms. The number of aryl methyl sites for hydroxylation is 1.